The number of halogens is 1. The van der Waals surface area contributed by atoms with Gasteiger partial charge < -0.3 is 9.40 Å². The molecule has 1 heterocycles. The quantitative estimate of drug-likeness (QED) is 0.341. The van der Waals surface area contributed by atoms with Crippen LogP contribution < -0.4 is 0 Å². The molecule has 1 saturated carbocycles. The van der Waals surface area contributed by atoms with Gasteiger partial charge in [-0.3, -0.25) is 0 Å². The molecule has 0 spiro atoms. The lowest BCUT2D eigenvalue weighted by Gasteiger charge is -2.10. The summed E-state index contributed by atoms with van der Waals surface area (Å²) in [4.78, 5) is 9.72. The SMILES string of the molecule is Clc1cc(C#CC2CC2)ccc1C(Cn1ccnc1)=NOCc1ccccc1. The summed E-state index contributed by atoms with van der Waals surface area (Å²) < 4.78 is 1.93. The molecule has 4 rings (SSSR count). The van der Waals surface area contributed by atoms with Crippen LogP contribution in [0.25, 0.3) is 0 Å². The van der Waals surface area contributed by atoms with Crippen molar-refractivity contribution in [3.8, 4) is 11.8 Å². The van der Waals surface area contributed by atoms with Crippen LogP contribution in [0.3, 0.4) is 0 Å². The molecule has 0 saturated heterocycles. The van der Waals surface area contributed by atoms with Crippen molar-refractivity contribution >= 4 is 17.3 Å². The van der Waals surface area contributed by atoms with Gasteiger partial charge in [-0.2, -0.15) is 0 Å². The molecule has 5 heteroatoms. The Morgan fingerprint density at radius 3 is 2.79 bits per heavy atom. The summed E-state index contributed by atoms with van der Waals surface area (Å²) in [6.07, 6.45) is 7.78. The first-order chi connectivity index (χ1) is 13.8. The van der Waals surface area contributed by atoms with E-state index in [-0.39, 0.29) is 0 Å². The molecule has 0 aliphatic heterocycles. The van der Waals surface area contributed by atoms with Crippen molar-refractivity contribution < 1.29 is 4.84 Å². The van der Waals surface area contributed by atoms with Crippen LogP contribution in [0.1, 0.15) is 29.5 Å². The van der Waals surface area contributed by atoms with E-state index < -0.39 is 0 Å². The minimum Gasteiger partial charge on any atom is -0.391 e. The molecule has 28 heavy (non-hydrogen) atoms. The average Bonchev–Trinajstić information content (AvgIpc) is 3.41. The molecule has 0 bridgehead atoms. The second-order valence-corrected chi connectivity index (χ2v) is 7.18. The Bertz CT molecular complexity index is 1010. The maximum Gasteiger partial charge on any atom is 0.142 e. The van der Waals surface area contributed by atoms with Gasteiger partial charge in [0.25, 0.3) is 0 Å². The second kappa shape index (κ2) is 8.77. The van der Waals surface area contributed by atoms with Crippen molar-refractivity contribution in [2.24, 2.45) is 11.1 Å². The van der Waals surface area contributed by atoms with Gasteiger partial charge in [-0.05, 0) is 30.5 Å². The van der Waals surface area contributed by atoms with Crippen LogP contribution in [0.5, 0.6) is 0 Å². The molecule has 4 nitrogen and oxygen atoms in total. The van der Waals surface area contributed by atoms with Crippen molar-refractivity contribution in [1.82, 2.24) is 9.55 Å². The van der Waals surface area contributed by atoms with E-state index in [2.05, 4.69) is 22.0 Å². The van der Waals surface area contributed by atoms with Crippen LogP contribution >= 0.6 is 11.6 Å². The molecule has 1 fully saturated rings. The van der Waals surface area contributed by atoms with E-state index in [9.17, 15) is 0 Å². The van der Waals surface area contributed by atoms with Gasteiger partial charge in [0.15, 0.2) is 0 Å². The molecule has 0 N–H and O–H groups in total. The Morgan fingerprint density at radius 2 is 2.07 bits per heavy atom. The summed E-state index contributed by atoms with van der Waals surface area (Å²) >= 11 is 6.56. The maximum atomic E-state index is 6.56. The fourth-order valence-electron chi connectivity index (χ4n) is 2.72. The lowest BCUT2D eigenvalue weighted by molar-refractivity contribution is 0.130. The van der Waals surface area contributed by atoms with Gasteiger partial charge in [-0.1, -0.05) is 65.0 Å². The van der Waals surface area contributed by atoms with Gasteiger partial charge in [0, 0.05) is 29.4 Å². The average molecular weight is 390 g/mol. The van der Waals surface area contributed by atoms with Crippen molar-refractivity contribution in [1.29, 1.82) is 0 Å². The highest BCUT2D eigenvalue weighted by Crippen LogP contribution is 2.28. The first-order valence-electron chi connectivity index (χ1n) is 9.28. The summed E-state index contributed by atoms with van der Waals surface area (Å²) in [5, 5.41) is 5.00. The fraction of sp³-hybridized carbons (Fsp3) is 0.217. The minimum absolute atomic E-state index is 0.400. The van der Waals surface area contributed by atoms with Crippen LogP contribution in [-0.4, -0.2) is 15.3 Å². The molecule has 0 amide bonds. The second-order valence-electron chi connectivity index (χ2n) is 6.77. The van der Waals surface area contributed by atoms with E-state index in [0.717, 1.165) is 22.4 Å². The van der Waals surface area contributed by atoms with Gasteiger partial charge in [0.1, 0.15) is 12.3 Å². The zero-order valence-corrected chi connectivity index (χ0v) is 16.1. The van der Waals surface area contributed by atoms with E-state index in [1.807, 2.05) is 59.3 Å². The first kappa shape index (κ1) is 18.3. The van der Waals surface area contributed by atoms with Crippen LogP contribution in [0.2, 0.25) is 5.02 Å². The third-order valence-corrected chi connectivity index (χ3v) is 4.73. The Hall–Kier alpha value is -3.03. The van der Waals surface area contributed by atoms with Gasteiger partial charge in [-0.25, -0.2) is 4.98 Å². The molecule has 140 valence electrons. The largest absolute Gasteiger partial charge is 0.391 e. The third-order valence-electron chi connectivity index (χ3n) is 4.42. The Labute approximate surface area is 169 Å². The number of benzene rings is 2. The monoisotopic (exact) mass is 389 g/mol. The molecule has 1 aliphatic carbocycles. The minimum atomic E-state index is 0.400. The van der Waals surface area contributed by atoms with Crippen LogP contribution in [-0.2, 0) is 18.0 Å². The van der Waals surface area contributed by atoms with Crippen molar-refractivity contribution in [3.63, 3.8) is 0 Å². The zero-order chi connectivity index (χ0) is 19.2. The third kappa shape index (κ3) is 5.03. The molecule has 0 radical (unpaired) electrons. The smallest absolute Gasteiger partial charge is 0.142 e. The number of nitrogens with zero attached hydrogens (tertiary/aromatic N) is 3. The van der Waals surface area contributed by atoms with Crippen molar-refractivity contribution in [2.45, 2.75) is 26.0 Å². The van der Waals surface area contributed by atoms with Crippen LogP contribution in [0.15, 0.2) is 72.4 Å². The van der Waals surface area contributed by atoms with E-state index in [4.69, 9.17) is 16.4 Å². The molecule has 3 aromatic rings. The van der Waals surface area contributed by atoms with Gasteiger partial charge in [-0.15, -0.1) is 0 Å². The van der Waals surface area contributed by atoms with Gasteiger partial charge in [0.2, 0.25) is 0 Å². The predicted molar refractivity (Wildman–Crippen MR) is 111 cm³/mol. The summed E-state index contributed by atoms with van der Waals surface area (Å²) in [5.41, 5.74) is 3.55. The molecule has 1 aliphatic rings. The van der Waals surface area contributed by atoms with E-state index >= 15 is 0 Å². The van der Waals surface area contributed by atoms with Gasteiger partial charge in [0.05, 0.1) is 17.9 Å². The molecule has 1 aromatic heterocycles. The predicted octanol–water partition coefficient (Wildman–Crippen LogP) is 4.92. The highest BCUT2D eigenvalue weighted by Gasteiger charge is 2.18. The zero-order valence-electron chi connectivity index (χ0n) is 15.4. The summed E-state index contributed by atoms with van der Waals surface area (Å²) in [6, 6.07) is 15.8. The normalized spacial score (nSPS) is 13.7. The number of hydrogen-bond donors (Lipinski definition) is 0. The summed E-state index contributed by atoms with van der Waals surface area (Å²) in [5.74, 6) is 7.02. The highest BCUT2D eigenvalue weighted by molar-refractivity contribution is 6.34. The molecular weight excluding hydrogens is 370 g/mol. The van der Waals surface area contributed by atoms with Crippen molar-refractivity contribution in [3.05, 3.63) is 89.0 Å². The molecule has 0 unspecified atom stereocenters. The summed E-state index contributed by atoms with van der Waals surface area (Å²) in [7, 11) is 0. The number of rotatable bonds is 6. The number of imidazole rings is 1. The lowest BCUT2D eigenvalue weighted by Crippen LogP contribution is -2.12. The van der Waals surface area contributed by atoms with Crippen LogP contribution in [0.4, 0.5) is 0 Å². The lowest BCUT2D eigenvalue weighted by atomic mass is 10.1. The number of aromatic nitrogens is 2. The van der Waals surface area contributed by atoms with Crippen molar-refractivity contribution in [2.75, 3.05) is 0 Å². The molecular formula is C23H20ClN3O. The van der Waals surface area contributed by atoms with E-state index in [1.54, 1.807) is 12.5 Å². The van der Waals surface area contributed by atoms with Crippen LogP contribution in [0, 0.1) is 17.8 Å². The Morgan fingerprint density at radius 1 is 1.21 bits per heavy atom. The Balaban J connectivity index is 1.55. The first-order valence-corrected chi connectivity index (χ1v) is 9.66. The summed E-state index contributed by atoms with van der Waals surface area (Å²) in [6.45, 7) is 0.915. The highest BCUT2D eigenvalue weighted by atomic mass is 35.5. The number of oxime groups is 1. The number of hydrogen-bond acceptors (Lipinski definition) is 3. The fourth-order valence-corrected chi connectivity index (χ4v) is 3.00. The molecule has 2 aromatic carbocycles. The van der Waals surface area contributed by atoms with E-state index in [1.165, 1.54) is 12.8 Å². The molecule has 0 atom stereocenters. The van der Waals surface area contributed by atoms with E-state index in [0.29, 0.717) is 24.1 Å². The standard InChI is InChI=1S/C23H20ClN3O/c24-22-14-19(9-8-18-6-7-18)10-11-21(22)23(15-27-13-12-25-17-27)26-28-16-20-4-2-1-3-5-20/h1-5,10-14,17-18H,6-7,15-16H2. The Kier molecular flexibility index (Phi) is 5.75. The maximum absolute atomic E-state index is 6.56. The topological polar surface area (TPSA) is 39.4 Å². The van der Waals surface area contributed by atoms with Gasteiger partial charge >= 0.3 is 0 Å².